The number of hydrogen-bond acceptors (Lipinski definition) is 5. The van der Waals surface area contributed by atoms with Crippen LogP contribution in [0, 0.1) is 18.8 Å². The van der Waals surface area contributed by atoms with Crippen molar-refractivity contribution in [3.05, 3.63) is 218 Å². The predicted octanol–water partition coefficient (Wildman–Crippen LogP) is 15.1. The molecule has 9 aromatic rings. The zero-order chi connectivity index (χ0) is 42.9. The van der Waals surface area contributed by atoms with E-state index in [1.54, 1.807) is 0 Å². The second-order valence-electron chi connectivity index (χ2n) is 17.7. The van der Waals surface area contributed by atoms with Crippen LogP contribution in [0.2, 0.25) is 0 Å². The van der Waals surface area contributed by atoms with Crippen LogP contribution in [-0.2, 0) is 26.5 Å². The normalized spacial score (nSPS) is 14.8. The molecule has 0 bridgehead atoms. The number of pyridine rings is 1. The van der Waals surface area contributed by atoms with E-state index in [0.717, 1.165) is 79.8 Å². The van der Waals surface area contributed by atoms with Gasteiger partial charge in [-0.3, -0.25) is 0 Å². The fourth-order valence-corrected chi connectivity index (χ4v) is 9.80. The minimum absolute atomic E-state index is 0. The molecule has 4 heterocycles. The Morgan fingerprint density at radius 3 is 1.98 bits per heavy atom. The number of rotatable bonds is 8. The molecule has 0 saturated carbocycles. The van der Waals surface area contributed by atoms with E-state index in [9.17, 15) is 0 Å². The maximum Gasteiger partial charge on any atom is 0.135 e. The van der Waals surface area contributed by atoms with E-state index in [1.165, 1.54) is 16.5 Å². The van der Waals surface area contributed by atoms with E-state index in [2.05, 4.69) is 229 Å². The van der Waals surface area contributed by atoms with Gasteiger partial charge in [0.2, 0.25) is 0 Å². The van der Waals surface area contributed by atoms with Crippen molar-refractivity contribution in [3.63, 3.8) is 0 Å². The first-order valence-electron chi connectivity index (χ1n) is 22.0. The van der Waals surface area contributed by atoms with Crippen molar-refractivity contribution in [3.8, 4) is 39.6 Å². The molecular formula is C58H44N5OPt-3. The molecular weight excluding hydrogens is 978 g/mol. The molecule has 1 atom stereocenters. The Morgan fingerprint density at radius 1 is 0.646 bits per heavy atom. The van der Waals surface area contributed by atoms with E-state index < -0.39 is 0 Å². The third-order valence-electron chi connectivity index (χ3n) is 12.7. The fraction of sp³-hybridized carbons (Fsp3) is 0.103. The van der Waals surface area contributed by atoms with E-state index in [-0.39, 0.29) is 32.5 Å². The van der Waals surface area contributed by atoms with Gasteiger partial charge < -0.3 is 24.0 Å². The van der Waals surface area contributed by atoms with Crippen molar-refractivity contribution in [2.24, 2.45) is 0 Å². The van der Waals surface area contributed by atoms with Crippen LogP contribution in [0.3, 0.4) is 0 Å². The average Bonchev–Trinajstić information content (AvgIpc) is 4.00. The zero-order valence-corrected chi connectivity index (χ0v) is 38.5. The van der Waals surface area contributed by atoms with E-state index >= 15 is 0 Å². The van der Waals surface area contributed by atoms with Gasteiger partial charge in [0.15, 0.2) is 0 Å². The Hall–Kier alpha value is -7.14. The molecule has 0 saturated heterocycles. The molecule has 7 heteroatoms. The van der Waals surface area contributed by atoms with Crippen LogP contribution in [-0.4, -0.2) is 9.55 Å². The van der Waals surface area contributed by atoms with Crippen molar-refractivity contribution >= 4 is 51.1 Å². The first kappa shape index (κ1) is 40.6. The summed E-state index contributed by atoms with van der Waals surface area (Å²) in [6, 6.07) is 67.3. The Labute approximate surface area is 395 Å². The SMILES string of the molecule is CC(C)(C)c1ccnc(-n2c3c4c5c(cc(Oc6[c-]c(N7[CH-]N(c8c(-c9ccccc9)cccc8-c8ccccc8)c8ccccc87)ccc6)[c-]c52)N(c2ccccc2)C4CC=C3)c1.[Pt]. The Morgan fingerprint density at radius 2 is 1.29 bits per heavy atom. The van der Waals surface area contributed by atoms with Crippen LogP contribution in [0.25, 0.3) is 45.1 Å². The third-order valence-corrected chi connectivity index (χ3v) is 12.7. The van der Waals surface area contributed by atoms with Gasteiger partial charge in [-0.25, -0.2) is 4.98 Å². The summed E-state index contributed by atoms with van der Waals surface area (Å²) in [7, 11) is 0. The van der Waals surface area contributed by atoms with Gasteiger partial charge in [0, 0.05) is 78.3 Å². The summed E-state index contributed by atoms with van der Waals surface area (Å²) in [4.78, 5) is 12.0. The summed E-state index contributed by atoms with van der Waals surface area (Å²) in [5, 5.41) is 1.19. The Bertz CT molecular complexity index is 3210. The van der Waals surface area contributed by atoms with Gasteiger partial charge in [0.05, 0.1) is 6.04 Å². The van der Waals surface area contributed by atoms with Crippen molar-refractivity contribution in [1.82, 2.24) is 9.55 Å². The molecule has 12 rings (SSSR count). The second-order valence-corrected chi connectivity index (χ2v) is 17.7. The monoisotopic (exact) mass is 1020 g/mol. The van der Waals surface area contributed by atoms with Crippen LogP contribution in [0.15, 0.2) is 182 Å². The number of aromatic nitrogens is 2. The van der Waals surface area contributed by atoms with Crippen molar-refractivity contribution in [2.75, 3.05) is 14.7 Å². The van der Waals surface area contributed by atoms with Crippen molar-refractivity contribution in [1.29, 1.82) is 0 Å². The number of hydrogen-bond donors (Lipinski definition) is 0. The third kappa shape index (κ3) is 6.87. The molecule has 65 heavy (non-hydrogen) atoms. The van der Waals surface area contributed by atoms with Gasteiger partial charge in [-0.1, -0.05) is 153 Å². The maximum atomic E-state index is 6.91. The second kappa shape index (κ2) is 16.1. The standard InChI is InChI=1S/C58H44N5O.Pt/c1-58(2,3)41-32-33-59-54(34-41)63-51-31-17-30-50-55(51)56-52(62(50)42-22-11-6-12-23-42)36-45(37-53(56)63)64-44-25-15-24-43(35-44)60-38-61(49-29-14-13-28-48(49)60)57-46(39-18-7-4-8-19-39)26-16-27-47(57)40-20-9-5-10-21-40;/h4-29,31-34,36,38,50H,30H2,1-3H3;/q-3;. The van der Waals surface area contributed by atoms with Gasteiger partial charge in [-0.05, 0) is 76.6 Å². The molecule has 6 nitrogen and oxygen atoms in total. The molecule has 1 unspecified atom stereocenters. The van der Waals surface area contributed by atoms with Crippen molar-refractivity contribution in [2.45, 2.75) is 38.6 Å². The van der Waals surface area contributed by atoms with Gasteiger partial charge in [0.25, 0.3) is 0 Å². The van der Waals surface area contributed by atoms with Crippen LogP contribution in [0.1, 0.15) is 50.1 Å². The van der Waals surface area contributed by atoms with E-state index in [4.69, 9.17) is 9.72 Å². The molecule has 3 aliphatic rings. The van der Waals surface area contributed by atoms with Crippen LogP contribution in [0.5, 0.6) is 11.5 Å². The molecule has 320 valence electrons. The van der Waals surface area contributed by atoms with Crippen molar-refractivity contribution < 1.29 is 25.8 Å². The van der Waals surface area contributed by atoms with Gasteiger partial charge in [-0.2, -0.15) is 6.07 Å². The molecule has 0 fully saturated rings. The quantitative estimate of drug-likeness (QED) is 0.142. The number of fused-ring (bicyclic) bond motifs is 1. The summed E-state index contributed by atoms with van der Waals surface area (Å²) < 4.78 is 9.19. The first-order valence-corrected chi connectivity index (χ1v) is 22.0. The number of para-hydroxylation sites is 4. The summed E-state index contributed by atoms with van der Waals surface area (Å²) in [6.45, 7) is 8.92. The van der Waals surface area contributed by atoms with E-state index in [0.29, 0.717) is 11.5 Å². The maximum absolute atomic E-state index is 6.91. The smallest absolute Gasteiger partial charge is 0.135 e. The van der Waals surface area contributed by atoms with Gasteiger partial charge >= 0.3 is 0 Å². The number of ether oxygens (including phenoxy) is 1. The number of anilines is 6. The summed E-state index contributed by atoms with van der Waals surface area (Å²) >= 11 is 0. The minimum atomic E-state index is -0.0377. The first-order chi connectivity index (χ1) is 31.4. The van der Waals surface area contributed by atoms with Crippen LogP contribution < -0.4 is 19.4 Å². The van der Waals surface area contributed by atoms with Crippen LogP contribution >= 0.6 is 0 Å². The molecule has 0 N–H and O–H groups in total. The molecule has 0 spiro atoms. The summed E-state index contributed by atoms with van der Waals surface area (Å²) in [6.07, 6.45) is 7.38. The van der Waals surface area contributed by atoms with Gasteiger partial charge in [0.1, 0.15) is 5.82 Å². The topological polar surface area (TPSA) is 36.8 Å². The van der Waals surface area contributed by atoms with E-state index in [1.807, 2.05) is 18.3 Å². The Balaban J connectivity index is 0.00000469. The molecule has 1 aliphatic carbocycles. The Kier molecular flexibility index (Phi) is 10.1. The zero-order valence-electron chi connectivity index (χ0n) is 36.2. The largest absolute Gasteiger partial charge is 0.509 e. The van der Waals surface area contributed by atoms with Gasteiger partial charge in [-0.15, -0.1) is 42.7 Å². The molecule has 0 radical (unpaired) electrons. The summed E-state index contributed by atoms with van der Waals surface area (Å²) in [5.41, 5.74) is 15.5. The molecule has 7 aromatic carbocycles. The number of benzene rings is 7. The number of nitrogens with zero attached hydrogens (tertiary/aromatic N) is 5. The fourth-order valence-electron chi connectivity index (χ4n) is 9.80. The molecule has 2 aromatic heterocycles. The predicted molar refractivity (Wildman–Crippen MR) is 261 cm³/mol. The molecule has 0 amide bonds. The minimum Gasteiger partial charge on any atom is -0.509 e. The van der Waals surface area contributed by atoms with Crippen LogP contribution in [0.4, 0.5) is 34.1 Å². The molecule has 2 aliphatic heterocycles. The average molecular weight is 1020 g/mol. The summed E-state index contributed by atoms with van der Waals surface area (Å²) in [5.74, 6) is 2.09.